The van der Waals surface area contributed by atoms with E-state index in [1.54, 1.807) is 6.07 Å². The van der Waals surface area contributed by atoms with E-state index in [9.17, 15) is 4.39 Å². The quantitative estimate of drug-likeness (QED) is 0.873. The lowest BCUT2D eigenvalue weighted by Crippen LogP contribution is -2.14. The maximum Gasteiger partial charge on any atom is 0.127 e. The molecule has 1 aromatic heterocycles. The predicted octanol–water partition coefficient (Wildman–Crippen LogP) is 1.98. The lowest BCUT2D eigenvalue weighted by molar-refractivity contribution is 0.408. The van der Waals surface area contributed by atoms with Crippen LogP contribution >= 0.6 is 0 Å². The Balaban J connectivity index is 1.97. The van der Waals surface area contributed by atoms with E-state index >= 15 is 0 Å². The Morgan fingerprint density at radius 1 is 1.35 bits per heavy atom. The fourth-order valence-electron chi connectivity index (χ4n) is 1.43. The van der Waals surface area contributed by atoms with Gasteiger partial charge in [-0.2, -0.15) is 5.26 Å². The monoisotopic (exact) mass is 231 g/mol. The van der Waals surface area contributed by atoms with Crippen LogP contribution in [0.5, 0.6) is 0 Å². The molecule has 0 saturated carbocycles. The van der Waals surface area contributed by atoms with E-state index in [0.29, 0.717) is 24.2 Å². The van der Waals surface area contributed by atoms with E-state index in [1.165, 1.54) is 24.5 Å². The fraction of sp³-hybridized carbons (Fsp3) is 0.167. The van der Waals surface area contributed by atoms with Crippen molar-refractivity contribution in [2.75, 3.05) is 0 Å². The molecule has 4 nitrogen and oxygen atoms in total. The average Bonchev–Trinajstić information content (AvgIpc) is 2.84. The Hall–Kier alpha value is -2.19. The molecule has 0 bridgehead atoms. The molecular weight excluding hydrogens is 221 g/mol. The zero-order valence-electron chi connectivity index (χ0n) is 8.98. The van der Waals surface area contributed by atoms with Crippen LogP contribution in [0.4, 0.5) is 4.39 Å². The van der Waals surface area contributed by atoms with E-state index in [0.717, 1.165) is 5.69 Å². The van der Waals surface area contributed by atoms with Crippen molar-refractivity contribution in [2.24, 2.45) is 0 Å². The molecule has 0 amide bonds. The molecule has 0 saturated heterocycles. The second kappa shape index (κ2) is 5.23. The standard InChI is InChI=1S/C12H10FN3O/c13-12-2-1-9(6-14)5-10(12)7-15-8-11-3-4-17-16-11/h1-5,15H,7-8H2. The van der Waals surface area contributed by atoms with Gasteiger partial charge in [-0.25, -0.2) is 4.39 Å². The second-order valence-electron chi connectivity index (χ2n) is 3.51. The molecule has 2 aromatic rings. The van der Waals surface area contributed by atoms with Crippen molar-refractivity contribution in [2.45, 2.75) is 13.1 Å². The first-order chi connectivity index (χ1) is 8.29. The van der Waals surface area contributed by atoms with Gasteiger partial charge in [0.2, 0.25) is 0 Å². The van der Waals surface area contributed by atoms with Crippen LogP contribution in [0.2, 0.25) is 0 Å². The van der Waals surface area contributed by atoms with Gasteiger partial charge in [0.05, 0.1) is 17.3 Å². The molecule has 0 unspecified atom stereocenters. The van der Waals surface area contributed by atoms with Crippen molar-refractivity contribution >= 4 is 0 Å². The van der Waals surface area contributed by atoms with Crippen LogP contribution in [-0.2, 0) is 13.1 Å². The molecule has 2 rings (SSSR count). The third kappa shape index (κ3) is 2.89. The Kier molecular flexibility index (Phi) is 3.48. The van der Waals surface area contributed by atoms with Crippen LogP contribution in [0.15, 0.2) is 35.1 Å². The highest BCUT2D eigenvalue weighted by atomic mass is 19.1. The van der Waals surface area contributed by atoms with Crippen LogP contribution in [-0.4, -0.2) is 5.16 Å². The maximum atomic E-state index is 13.4. The number of rotatable bonds is 4. The van der Waals surface area contributed by atoms with Crippen molar-refractivity contribution in [3.63, 3.8) is 0 Å². The lowest BCUT2D eigenvalue weighted by atomic mass is 10.1. The molecule has 17 heavy (non-hydrogen) atoms. The number of aromatic nitrogens is 1. The summed E-state index contributed by atoms with van der Waals surface area (Å²) in [5, 5.41) is 15.5. The van der Waals surface area contributed by atoms with E-state index in [-0.39, 0.29) is 5.82 Å². The molecule has 0 radical (unpaired) electrons. The molecular formula is C12H10FN3O. The van der Waals surface area contributed by atoms with E-state index < -0.39 is 0 Å². The summed E-state index contributed by atoms with van der Waals surface area (Å²) in [5.74, 6) is -0.323. The van der Waals surface area contributed by atoms with Gasteiger partial charge >= 0.3 is 0 Å². The zero-order valence-corrected chi connectivity index (χ0v) is 8.98. The highest BCUT2D eigenvalue weighted by Gasteiger charge is 2.03. The van der Waals surface area contributed by atoms with Crippen LogP contribution < -0.4 is 5.32 Å². The van der Waals surface area contributed by atoms with Gasteiger partial charge in [0, 0.05) is 24.7 Å². The van der Waals surface area contributed by atoms with Crippen molar-refractivity contribution in [3.05, 3.63) is 53.2 Å². The predicted molar refractivity (Wildman–Crippen MR) is 58.2 cm³/mol. The van der Waals surface area contributed by atoms with Gasteiger partial charge in [-0.05, 0) is 18.2 Å². The van der Waals surface area contributed by atoms with Gasteiger partial charge in [0.25, 0.3) is 0 Å². The van der Waals surface area contributed by atoms with Crippen LogP contribution in [0, 0.1) is 17.1 Å². The third-order valence-electron chi connectivity index (χ3n) is 2.29. The Morgan fingerprint density at radius 2 is 2.24 bits per heavy atom. The second-order valence-corrected chi connectivity index (χ2v) is 3.51. The number of halogens is 1. The summed E-state index contributed by atoms with van der Waals surface area (Å²) >= 11 is 0. The van der Waals surface area contributed by atoms with Crippen LogP contribution in [0.25, 0.3) is 0 Å². The minimum atomic E-state index is -0.323. The van der Waals surface area contributed by atoms with Gasteiger partial charge < -0.3 is 9.84 Å². The molecule has 0 aliphatic carbocycles. The highest BCUT2D eigenvalue weighted by molar-refractivity contribution is 5.33. The lowest BCUT2D eigenvalue weighted by Gasteiger charge is -2.04. The van der Waals surface area contributed by atoms with Crippen molar-refractivity contribution in [1.82, 2.24) is 10.5 Å². The van der Waals surface area contributed by atoms with Crippen LogP contribution in [0.1, 0.15) is 16.8 Å². The molecule has 1 aromatic carbocycles. The summed E-state index contributed by atoms with van der Waals surface area (Å²) in [7, 11) is 0. The summed E-state index contributed by atoms with van der Waals surface area (Å²) in [5.41, 5.74) is 1.67. The summed E-state index contributed by atoms with van der Waals surface area (Å²) in [6.45, 7) is 0.834. The molecule has 0 aliphatic heterocycles. The topological polar surface area (TPSA) is 61.9 Å². The minimum Gasteiger partial charge on any atom is -0.364 e. The Morgan fingerprint density at radius 3 is 2.94 bits per heavy atom. The van der Waals surface area contributed by atoms with Crippen LogP contribution in [0.3, 0.4) is 0 Å². The molecule has 1 heterocycles. The smallest absolute Gasteiger partial charge is 0.127 e. The van der Waals surface area contributed by atoms with E-state index in [4.69, 9.17) is 5.26 Å². The summed E-state index contributed by atoms with van der Waals surface area (Å²) in [6, 6.07) is 7.99. The normalized spacial score (nSPS) is 10.1. The van der Waals surface area contributed by atoms with E-state index in [2.05, 4.69) is 15.0 Å². The van der Waals surface area contributed by atoms with Crippen molar-refractivity contribution < 1.29 is 8.91 Å². The molecule has 1 N–H and O–H groups in total. The number of hydrogen-bond donors (Lipinski definition) is 1. The summed E-state index contributed by atoms with van der Waals surface area (Å²) in [6.07, 6.45) is 1.48. The number of nitrogens with zero attached hydrogens (tertiary/aromatic N) is 2. The zero-order chi connectivity index (χ0) is 12.1. The third-order valence-corrected chi connectivity index (χ3v) is 2.29. The first kappa shape index (κ1) is 11.3. The number of nitrogens with one attached hydrogen (secondary N) is 1. The molecule has 0 atom stereocenters. The minimum absolute atomic E-state index is 0.323. The molecule has 5 heteroatoms. The largest absolute Gasteiger partial charge is 0.364 e. The summed E-state index contributed by atoms with van der Waals surface area (Å²) in [4.78, 5) is 0. The molecule has 86 valence electrons. The summed E-state index contributed by atoms with van der Waals surface area (Å²) < 4.78 is 18.1. The van der Waals surface area contributed by atoms with E-state index in [1.807, 2.05) is 6.07 Å². The van der Waals surface area contributed by atoms with Gasteiger partial charge in [-0.15, -0.1) is 0 Å². The molecule has 0 aliphatic rings. The van der Waals surface area contributed by atoms with Gasteiger partial charge in [0.1, 0.15) is 12.1 Å². The number of hydrogen-bond acceptors (Lipinski definition) is 4. The SMILES string of the molecule is N#Cc1ccc(F)c(CNCc2ccon2)c1. The molecule has 0 fully saturated rings. The van der Waals surface area contributed by atoms with Crippen molar-refractivity contribution in [3.8, 4) is 6.07 Å². The van der Waals surface area contributed by atoms with Gasteiger partial charge in [0.15, 0.2) is 0 Å². The maximum absolute atomic E-state index is 13.4. The first-order valence-corrected chi connectivity index (χ1v) is 5.08. The highest BCUT2D eigenvalue weighted by Crippen LogP contribution is 2.10. The Bertz CT molecular complexity index is 531. The van der Waals surface area contributed by atoms with Gasteiger partial charge in [-0.1, -0.05) is 5.16 Å². The first-order valence-electron chi connectivity index (χ1n) is 5.08. The van der Waals surface area contributed by atoms with Gasteiger partial charge in [-0.3, -0.25) is 0 Å². The number of benzene rings is 1. The Labute approximate surface area is 97.7 Å². The number of nitriles is 1. The molecule has 0 spiro atoms. The van der Waals surface area contributed by atoms with Crippen molar-refractivity contribution in [1.29, 1.82) is 5.26 Å². The fourth-order valence-corrected chi connectivity index (χ4v) is 1.43. The average molecular weight is 231 g/mol.